The van der Waals surface area contributed by atoms with Crippen molar-refractivity contribution in [2.75, 3.05) is 6.61 Å². The van der Waals surface area contributed by atoms with Gasteiger partial charge in [0.25, 0.3) is 0 Å². The summed E-state index contributed by atoms with van der Waals surface area (Å²) in [7, 11) is 0. The lowest BCUT2D eigenvalue weighted by Gasteiger charge is -2.25. The van der Waals surface area contributed by atoms with E-state index in [4.69, 9.17) is 18.9 Å². The Hall–Kier alpha value is -3.62. The van der Waals surface area contributed by atoms with Crippen LogP contribution in [0.15, 0.2) is 103 Å². The third-order valence-electron chi connectivity index (χ3n) is 6.50. The average molecular weight is 513 g/mol. The van der Waals surface area contributed by atoms with Gasteiger partial charge in [-0.05, 0) is 22.8 Å². The lowest BCUT2D eigenvalue weighted by Crippen LogP contribution is -2.37. The number of rotatable bonds is 11. The fraction of sp³-hybridized carbons (Fsp3) is 0.290. The molecule has 0 saturated carbocycles. The van der Waals surface area contributed by atoms with E-state index in [1.165, 1.54) is 11.6 Å². The second-order valence-corrected chi connectivity index (χ2v) is 9.32. The van der Waals surface area contributed by atoms with Crippen molar-refractivity contribution in [1.29, 1.82) is 0 Å². The smallest absolute Gasteiger partial charge is 0.243 e. The van der Waals surface area contributed by atoms with Gasteiger partial charge < -0.3 is 18.9 Å². The van der Waals surface area contributed by atoms with Crippen molar-refractivity contribution in [3.63, 3.8) is 0 Å². The molecule has 0 radical (unpaired) electrons. The molecular weight excluding hydrogens is 480 g/mol. The summed E-state index contributed by atoms with van der Waals surface area (Å²) in [6.07, 6.45) is -0.142. The molecule has 0 aliphatic carbocycles. The highest BCUT2D eigenvalue weighted by Crippen LogP contribution is 2.38. The maximum atomic E-state index is 11.9. The van der Waals surface area contributed by atoms with Crippen LogP contribution in [0.25, 0.3) is 0 Å². The fourth-order valence-corrected chi connectivity index (χ4v) is 4.55. The number of carbonyl (C=O) groups is 1. The molecule has 2 heterocycles. The number of aromatic nitrogens is 2. The molecule has 1 aliphatic rings. The molecule has 7 heteroatoms. The summed E-state index contributed by atoms with van der Waals surface area (Å²) in [5.74, 6) is -0.171. The van der Waals surface area contributed by atoms with Crippen LogP contribution in [-0.2, 0) is 38.8 Å². The Labute approximate surface area is 222 Å². The van der Waals surface area contributed by atoms with E-state index in [0.717, 1.165) is 16.7 Å². The van der Waals surface area contributed by atoms with Gasteiger partial charge in [0.15, 0.2) is 0 Å². The summed E-state index contributed by atoms with van der Waals surface area (Å²) in [5.41, 5.74) is 3.81. The quantitative estimate of drug-likeness (QED) is 0.269. The van der Waals surface area contributed by atoms with Crippen LogP contribution in [0.5, 0.6) is 0 Å². The SMILES string of the molecule is CC(=O)n1ccc([C@@H]2O[C@H](COCc3ccccc3)[C@@H](OCc3ccccc3)[C@H]2OCc2ccccc2)n1. The summed E-state index contributed by atoms with van der Waals surface area (Å²) in [5, 5.41) is 4.48. The van der Waals surface area contributed by atoms with Crippen molar-refractivity contribution in [1.82, 2.24) is 9.78 Å². The minimum Gasteiger partial charge on any atom is -0.374 e. The van der Waals surface area contributed by atoms with Gasteiger partial charge in [0.05, 0.1) is 32.1 Å². The zero-order valence-electron chi connectivity index (χ0n) is 21.4. The highest BCUT2D eigenvalue weighted by atomic mass is 16.6. The number of hydrogen-bond acceptors (Lipinski definition) is 6. The van der Waals surface area contributed by atoms with Crippen molar-refractivity contribution < 1.29 is 23.7 Å². The van der Waals surface area contributed by atoms with E-state index in [1.54, 1.807) is 12.3 Å². The molecule has 1 aromatic heterocycles. The van der Waals surface area contributed by atoms with Crippen LogP contribution in [0, 0.1) is 0 Å². The van der Waals surface area contributed by atoms with E-state index in [-0.39, 0.29) is 5.91 Å². The van der Waals surface area contributed by atoms with Crippen molar-refractivity contribution >= 4 is 5.91 Å². The van der Waals surface area contributed by atoms with Gasteiger partial charge in [-0.1, -0.05) is 91.0 Å². The highest BCUT2D eigenvalue weighted by molar-refractivity contribution is 5.74. The van der Waals surface area contributed by atoms with Gasteiger partial charge in [-0.3, -0.25) is 4.79 Å². The Kier molecular flexibility index (Phi) is 8.73. The maximum absolute atomic E-state index is 11.9. The van der Waals surface area contributed by atoms with Gasteiger partial charge >= 0.3 is 0 Å². The predicted molar refractivity (Wildman–Crippen MR) is 142 cm³/mol. The topological polar surface area (TPSA) is 71.8 Å². The molecule has 1 aliphatic heterocycles. The van der Waals surface area contributed by atoms with E-state index >= 15 is 0 Å². The van der Waals surface area contributed by atoms with E-state index in [1.807, 2.05) is 91.0 Å². The average Bonchev–Trinajstić information content (AvgIpc) is 3.58. The molecule has 0 bridgehead atoms. The molecular formula is C31H32N2O5. The third-order valence-corrected chi connectivity index (χ3v) is 6.50. The number of ether oxygens (including phenoxy) is 4. The first kappa shape index (κ1) is 26.0. The van der Waals surface area contributed by atoms with Crippen LogP contribution in [0.2, 0.25) is 0 Å². The molecule has 1 saturated heterocycles. The molecule has 0 N–H and O–H groups in total. The van der Waals surface area contributed by atoms with Crippen LogP contribution < -0.4 is 0 Å². The summed E-state index contributed by atoms with van der Waals surface area (Å²) in [6, 6.07) is 31.8. The standard InChI is InChI=1S/C31H32N2O5/c1-23(34)33-18-17-27(32-33)29-31(37-21-26-15-9-4-10-16-26)30(36-20-25-13-7-3-8-14-25)28(38-29)22-35-19-24-11-5-2-6-12-24/h2-18,28-31H,19-22H2,1H3/t28-,29+,30-,31+/m1/s1. The minimum atomic E-state index is -0.523. The second kappa shape index (κ2) is 12.8. The van der Waals surface area contributed by atoms with Gasteiger partial charge in [0.2, 0.25) is 5.91 Å². The van der Waals surface area contributed by atoms with Gasteiger partial charge in [0, 0.05) is 13.1 Å². The van der Waals surface area contributed by atoms with E-state index in [2.05, 4.69) is 5.10 Å². The Morgan fingerprint density at radius 1 is 0.763 bits per heavy atom. The molecule has 38 heavy (non-hydrogen) atoms. The van der Waals surface area contributed by atoms with Crippen molar-refractivity contribution in [2.45, 2.75) is 51.2 Å². The molecule has 0 amide bonds. The number of nitrogens with zero attached hydrogens (tertiary/aromatic N) is 2. The summed E-state index contributed by atoms with van der Waals surface area (Å²) in [4.78, 5) is 11.9. The normalized spacial score (nSPS) is 21.0. The third kappa shape index (κ3) is 6.62. The van der Waals surface area contributed by atoms with Crippen molar-refractivity contribution in [3.05, 3.63) is 126 Å². The Balaban J connectivity index is 1.38. The Morgan fingerprint density at radius 3 is 1.82 bits per heavy atom. The fourth-order valence-electron chi connectivity index (χ4n) is 4.55. The Bertz CT molecular complexity index is 1280. The van der Waals surface area contributed by atoms with Gasteiger partial charge in [-0.25, -0.2) is 4.68 Å². The number of carbonyl (C=O) groups excluding carboxylic acids is 1. The molecule has 4 atom stereocenters. The van der Waals surface area contributed by atoms with Crippen LogP contribution in [0.3, 0.4) is 0 Å². The number of benzene rings is 3. The molecule has 0 spiro atoms. The zero-order chi connectivity index (χ0) is 26.2. The van der Waals surface area contributed by atoms with E-state index in [0.29, 0.717) is 32.1 Å². The Morgan fingerprint density at radius 2 is 1.29 bits per heavy atom. The molecule has 1 fully saturated rings. The highest BCUT2D eigenvalue weighted by Gasteiger charge is 2.48. The summed E-state index contributed by atoms with van der Waals surface area (Å²) in [6.45, 7) is 3.06. The first-order valence-electron chi connectivity index (χ1n) is 12.8. The predicted octanol–water partition coefficient (Wildman–Crippen LogP) is 5.37. The second-order valence-electron chi connectivity index (χ2n) is 9.32. The van der Waals surface area contributed by atoms with Crippen LogP contribution in [-0.4, -0.2) is 40.6 Å². The van der Waals surface area contributed by atoms with E-state index in [9.17, 15) is 4.79 Å². The van der Waals surface area contributed by atoms with E-state index < -0.39 is 24.4 Å². The molecule has 0 unspecified atom stereocenters. The molecule has 4 aromatic rings. The van der Waals surface area contributed by atoms with Crippen LogP contribution in [0.1, 0.15) is 40.2 Å². The molecule has 3 aromatic carbocycles. The van der Waals surface area contributed by atoms with Crippen molar-refractivity contribution in [2.24, 2.45) is 0 Å². The molecule has 7 nitrogen and oxygen atoms in total. The number of hydrogen-bond donors (Lipinski definition) is 0. The first-order chi connectivity index (χ1) is 18.7. The lowest BCUT2D eigenvalue weighted by molar-refractivity contribution is -0.0898. The summed E-state index contributed by atoms with van der Waals surface area (Å²) < 4.78 is 26.9. The van der Waals surface area contributed by atoms with Crippen LogP contribution >= 0.6 is 0 Å². The largest absolute Gasteiger partial charge is 0.374 e. The first-order valence-corrected chi connectivity index (χ1v) is 12.8. The molecule has 5 rings (SSSR count). The van der Waals surface area contributed by atoms with Crippen molar-refractivity contribution in [3.8, 4) is 0 Å². The minimum absolute atomic E-state index is 0.171. The van der Waals surface area contributed by atoms with Gasteiger partial charge in [-0.15, -0.1) is 0 Å². The molecule has 196 valence electrons. The monoisotopic (exact) mass is 512 g/mol. The van der Waals surface area contributed by atoms with Gasteiger partial charge in [-0.2, -0.15) is 5.10 Å². The zero-order valence-corrected chi connectivity index (χ0v) is 21.4. The lowest BCUT2D eigenvalue weighted by atomic mass is 10.0. The maximum Gasteiger partial charge on any atom is 0.243 e. The summed E-state index contributed by atoms with van der Waals surface area (Å²) >= 11 is 0. The van der Waals surface area contributed by atoms with Gasteiger partial charge in [0.1, 0.15) is 24.4 Å². The van der Waals surface area contributed by atoms with Crippen LogP contribution in [0.4, 0.5) is 0 Å².